The van der Waals surface area contributed by atoms with Crippen molar-refractivity contribution in [3.8, 4) is 0 Å². The van der Waals surface area contributed by atoms with Gasteiger partial charge in [-0.2, -0.15) is 0 Å². The van der Waals surface area contributed by atoms with Gasteiger partial charge in [-0.05, 0) is 37.0 Å². The van der Waals surface area contributed by atoms with Crippen molar-refractivity contribution in [1.82, 2.24) is 0 Å². The molecule has 2 aliphatic carbocycles. The van der Waals surface area contributed by atoms with Crippen LogP contribution in [0.25, 0.3) is 0 Å². The van der Waals surface area contributed by atoms with Crippen LogP contribution in [0.3, 0.4) is 0 Å². The van der Waals surface area contributed by atoms with E-state index in [-0.39, 0.29) is 0 Å². The number of rotatable bonds is 11. The monoisotopic (exact) mass is 262 g/mol. The molecule has 0 heteroatoms. The van der Waals surface area contributed by atoms with E-state index < -0.39 is 0 Å². The van der Waals surface area contributed by atoms with Crippen LogP contribution in [0.5, 0.6) is 0 Å². The summed E-state index contributed by atoms with van der Waals surface area (Å²) >= 11 is 0. The van der Waals surface area contributed by atoms with Crippen molar-refractivity contribution < 1.29 is 0 Å². The van der Waals surface area contributed by atoms with Crippen molar-refractivity contribution in [3.63, 3.8) is 0 Å². The molecular weight excluding hydrogens is 228 g/mol. The van der Waals surface area contributed by atoms with Gasteiger partial charge < -0.3 is 0 Å². The summed E-state index contributed by atoms with van der Waals surface area (Å²) in [5.74, 6) is 3.01. The molecule has 0 aromatic heterocycles. The molecule has 3 atom stereocenters. The molecule has 2 aliphatic rings. The minimum Gasteiger partial charge on any atom is -0.0851 e. The van der Waals surface area contributed by atoms with Crippen molar-refractivity contribution >= 4 is 0 Å². The molecule has 0 heterocycles. The van der Waals surface area contributed by atoms with E-state index in [9.17, 15) is 0 Å². The third-order valence-corrected chi connectivity index (χ3v) is 5.34. The van der Waals surface area contributed by atoms with Crippen molar-refractivity contribution in [2.24, 2.45) is 17.8 Å². The van der Waals surface area contributed by atoms with Gasteiger partial charge in [0.05, 0.1) is 0 Å². The van der Waals surface area contributed by atoms with E-state index in [0.29, 0.717) is 0 Å². The van der Waals surface area contributed by atoms with E-state index in [0.717, 1.165) is 17.8 Å². The predicted molar refractivity (Wildman–Crippen MR) is 85.3 cm³/mol. The summed E-state index contributed by atoms with van der Waals surface area (Å²) in [5.41, 5.74) is 0. The zero-order valence-corrected chi connectivity index (χ0v) is 13.1. The van der Waals surface area contributed by atoms with E-state index in [1.807, 2.05) is 0 Å². The summed E-state index contributed by atoms with van der Waals surface area (Å²) in [6.45, 7) is 2.30. The van der Waals surface area contributed by atoms with Crippen LogP contribution < -0.4 is 0 Å². The van der Waals surface area contributed by atoms with Gasteiger partial charge in [0.1, 0.15) is 0 Å². The highest BCUT2D eigenvalue weighted by molar-refractivity contribution is 5.09. The fourth-order valence-electron chi connectivity index (χ4n) is 4.12. The average molecular weight is 262 g/mol. The molecule has 0 N–H and O–H groups in total. The predicted octanol–water partition coefficient (Wildman–Crippen LogP) is 6.51. The van der Waals surface area contributed by atoms with Gasteiger partial charge in [0.2, 0.25) is 0 Å². The Morgan fingerprint density at radius 1 is 0.737 bits per heavy atom. The molecule has 0 nitrogen and oxygen atoms in total. The third kappa shape index (κ3) is 5.32. The highest BCUT2D eigenvalue weighted by atomic mass is 14.4. The lowest BCUT2D eigenvalue weighted by atomic mass is 9.88. The minimum atomic E-state index is 0.970. The molecule has 19 heavy (non-hydrogen) atoms. The summed E-state index contributed by atoms with van der Waals surface area (Å²) in [6, 6.07) is 0. The number of allylic oxidation sites excluding steroid dienone is 2. The van der Waals surface area contributed by atoms with Crippen LogP contribution in [0.1, 0.15) is 90.4 Å². The van der Waals surface area contributed by atoms with Gasteiger partial charge in [0.15, 0.2) is 0 Å². The van der Waals surface area contributed by atoms with Crippen LogP contribution in [-0.4, -0.2) is 0 Å². The first-order chi connectivity index (χ1) is 9.40. The van der Waals surface area contributed by atoms with Crippen LogP contribution in [0.15, 0.2) is 12.2 Å². The average Bonchev–Trinajstić information content (AvgIpc) is 3.03. The topological polar surface area (TPSA) is 0 Å². The molecule has 0 saturated heterocycles. The molecule has 2 rings (SSSR count). The Bertz CT molecular complexity index is 253. The molecule has 2 bridgehead atoms. The molecule has 0 aromatic rings. The quantitative estimate of drug-likeness (QED) is 0.294. The Labute approximate surface area is 121 Å². The highest BCUT2D eigenvalue weighted by Crippen LogP contribution is 2.45. The first-order valence-corrected chi connectivity index (χ1v) is 9.08. The Morgan fingerprint density at radius 2 is 1.37 bits per heavy atom. The molecule has 0 aliphatic heterocycles. The molecule has 0 unspecified atom stereocenters. The van der Waals surface area contributed by atoms with Gasteiger partial charge in [-0.15, -0.1) is 0 Å². The largest absolute Gasteiger partial charge is 0.0851 e. The summed E-state index contributed by atoms with van der Waals surface area (Å²) < 4.78 is 0. The molecular formula is C19H34. The second-order valence-corrected chi connectivity index (χ2v) is 7.01. The molecule has 110 valence electrons. The van der Waals surface area contributed by atoms with Crippen molar-refractivity contribution in [3.05, 3.63) is 12.2 Å². The van der Waals surface area contributed by atoms with Gasteiger partial charge in [-0.3, -0.25) is 0 Å². The fourth-order valence-corrected chi connectivity index (χ4v) is 4.12. The van der Waals surface area contributed by atoms with Gasteiger partial charge in [0, 0.05) is 0 Å². The lowest BCUT2D eigenvalue weighted by Crippen LogP contribution is -2.06. The van der Waals surface area contributed by atoms with E-state index >= 15 is 0 Å². The Balaban J connectivity index is 1.34. The maximum atomic E-state index is 2.51. The highest BCUT2D eigenvalue weighted by Gasteiger charge is 2.34. The van der Waals surface area contributed by atoms with Crippen LogP contribution >= 0.6 is 0 Å². The summed E-state index contributed by atoms with van der Waals surface area (Å²) in [7, 11) is 0. The Morgan fingerprint density at radius 3 is 1.89 bits per heavy atom. The van der Waals surface area contributed by atoms with E-state index in [1.165, 1.54) is 83.5 Å². The number of unbranched alkanes of at least 4 members (excludes halogenated alkanes) is 9. The minimum absolute atomic E-state index is 0.970. The summed E-state index contributed by atoms with van der Waals surface area (Å²) in [6.07, 6.45) is 24.2. The third-order valence-electron chi connectivity index (χ3n) is 5.34. The number of hydrogen-bond donors (Lipinski definition) is 0. The zero-order chi connectivity index (χ0) is 13.3. The lowest BCUT2D eigenvalue weighted by molar-refractivity contribution is 0.393. The van der Waals surface area contributed by atoms with Crippen molar-refractivity contribution in [1.29, 1.82) is 0 Å². The number of hydrogen-bond acceptors (Lipinski definition) is 0. The van der Waals surface area contributed by atoms with Crippen LogP contribution in [0, 0.1) is 17.8 Å². The second-order valence-electron chi connectivity index (χ2n) is 7.01. The van der Waals surface area contributed by atoms with Crippen LogP contribution in [0.4, 0.5) is 0 Å². The zero-order valence-electron chi connectivity index (χ0n) is 13.1. The Kier molecular flexibility index (Phi) is 7.03. The molecule has 0 aromatic carbocycles. The SMILES string of the molecule is CCCCCCCCCCCC[C@H]1C[C@@H]2C=C[C@H]1C2. The smallest absolute Gasteiger partial charge is 0.0199 e. The van der Waals surface area contributed by atoms with E-state index in [2.05, 4.69) is 19.1 Å². The standard InChI is InChI=1S/C19H34/c1-2-3-4-5-6-7-8-9-10-11-12-18-15-17-13-14-19(18)16-17/h13-14,17-19H,2-12,15-16H2,1H3/t17-,18-,19-/m0/s1. The molecule has 0 spiro atoms. The molecule has 1 saturated carbocycles. The first-order valence-electron chi connectivity index (χ1n) is 9.08. The first kappa shape index (κ1) is 15.1. The number of fused-ring (bicyclic) bond motifs is 2. The van der Waals surface area contributed by atoms with Gasteiger partial charge in [-0.1, -0.05) is 83.3 Å². The van der Waals surface area contributed by atoms with Gasteiger partial charge in [-0.25, -0.2) is 0 Å². The van der Waals surface area contributed by atoms with Crippen molar-refractivity contribution in [2.45, 2.75) is 90.4 Å². The second kappa shape index (κ2) is 8.82. The van der Waals surface area contributed by atoms with Crippen LogP contribution in [0.2, 0.25) is 0 Å². The maximum absolute atomic E-state index is 2.51. The fraction of sp³-hybridized carbons (Fsp3) is 0.895. The van der Waals surface area contributed by atoms with Gasteiger partial charge in [0.25, 0.3) is 0 Å². The van der Waals surface area contributed by atoms with E-state index in [4.69, 9.17) is 0 Å². The maximum Gasteiger partial charge on any atom is -0.0199 e. The van der Waals surface area contributed by atoms with Crippen molar-refractivity contribution in [2.75, 3.05) is 0 Å². The van der Waals surface area contributed by atoms with Crippen LogP contribution in [-0.2, 0) is 0 Å². The molecule has 0 radical (unpaired) electrons. The molecule has 0 amide bonds. The summed E-state index contributed by atoms with van der Waals surface area (Å²) in [4.78, 5) is 0. The Hall–Kier alpha value is -0.260. The molecule has 1 fully saturated rings. The van der Waals surface area contributed by atoms with E-state index in [1.54, 1.807) is 0 Å². The van der Waals surface area contributed by atoms with Gasteiger partial charge >= 0.3 is 0 Å². The normalized spacial score (nSPS) is 28.4. The lowest BCUT2D eigenvalue weighted by Gasteiger charge is -2.17. The summed E-state index contributed by atoms with van der Waals surface area (Å²) in [5, 5.41) is 0.